The Bertz CT molecular complexity index is 1420. The topological polar surface area (TPSA) is 86.8 Å². The second-order valence-corrected chi connectivity index (χ2v) is 12.2. The highest BCUT2D eigenvalue weighted by Crippen LogP contribution is 2.35. The SMILES string of the molecule is CC[C@@H](C(=O)NC(C)C)N(Cc1ccccc1Cl)C(=O)CN(c1cccc(Cl)c1Cl)S(=O)(=O)c1ccccc1. The fraction of sp³-hybridized carbons (Fsp3) is 0.286. The number of carbonyl (C=O) groups excluding carboxylic acids is 2. The molecule has 39 heavy (non-hydrogen) atoms. The molecule has 2 amide bonds. The van der Waals surface area contributed by atoms with E-state index in [0.717, 1.165) is 4.31 Å². The minimum absolute atomic E-state index is 0.00890. The van der Waals surface area contributed by atoms with Gasteiger partial charge in [-0.2, -0.15) is 0 Å². The highest BCUT2D eigenvalue weighted by molar-refractivity contribution is 7.92. The van der Waals surface area contributed by atoms with Gasteiger partial charge in [-0.25, -0.2) is 8.42 Å². The fourth-order valence-corrected chi connectivity index (χ4v) is 6.12. The fourth-order valence-electron chi connectivity index (χ4n) is 4.03. The Morgan fingerprint density at radius 3 is 2.10 bits per heavy atom. The van der Waals surface area contributed by atoms with Crippen molar-refractivity contribution in [1.29, 1.82) is 0 Å². The van der Waals surface area contributed by atoms with Gasteiger partial charge < -0.3 is 10.2 Å². The van der Waals surface area contributed by atoms with Gasteiger partial charge in [0.25, 0.3) is 10.0 Å². The van der Waals surface area contributed by atoms with Gasteiger partial charge in [-0.3, -0.25) is 13.9 Å². The van der Waals surface area contributed by atoms with E-state index in [2.05, 4.69) is 5.32 Å². The molecule has 3 aromatic carbocycles. The van der Waals surface area contributed by atoms with Crippen LogP contribution in [-0.2, 0) is 26.2 Å². The molecule has 0 unspecified atom stereocenters. The predicted molar refractivity (Wildman–Crippen MR) is 157 cm³/mol. The van der Waals surface area contributed by atoms with Crippen LogP contribution in [0, 0.1) is 0 Å². The van der Waals surface area contributed by atoms with Crippen LogP contribution in [-0.4, -0.2) is 43.8 Å². The van der Waals surface area contributed by atoms with Gasteiger partial charge in [0.05, 0.1) is 20.6 Å². The van der Waals surface area contributed by atoms with Crippen molar-refractivity contribution in [2.24, 2.45) is 0 Å². The van der Waals surface area contributed by atoms with Crippen LogP contribution in [0.5, 0.6) is 0 Å². The molecule has 3 aromatic rings. The molecule has 0 aliphatic carbocycles. The van der Waals surface area contributed by atoms with Crippen molar-refractivity contribution in [3.8, 4) is 0 Å². The predicted octanol–water partition coefficient (Wildman–Crippen LogP) is 6.17. The first-order chi connectivity index (χ1) is 18.5. The van der Waals surface area contributed by atoms with E-state index in [1.54, 1.807) is 55.5 Å². The summed E-state index contributed by atoms with van der Waals surface area (Å²) in [7, 11) is -4.26. The van der Waals surface area contributed by atoms with E-state index in [4.69, 9.17) is 34.8 Å². The van der Waals surface area contributed by atoms with E-state index in [0.29, 0.717) is 10.6 Å². The second kappa shape index (κ2) is 13.5. The summed E-state index contributed by atoms with van der Waals surface area (Å²) in [4.78, 5) is 28.5. The quantitative estimate of drug-likeness (QED) is 0.281. The number of rotatable bonds is 11. The molecule has 0 bridgehead atoms. The molecule has 11 heteroatoms. The van der Waals surface area contributed by atoms with Gasteiger partial charge in [-0.1, -0.05) is 84.2 Å². The highest BCUT2D eigenvalue weighted by atomic mass is 35.5. The van der Waals surface area contributed by atoms with Crippen molar-refractivity contribution in [3.63, 3.8) is 0 Å². The average molecular weight is 611 g/mol. The summed E-state index contributed by atoms with van der Waals surface area (Å²) in [6, 6.07) is 18.2. The summed E-state index contributed by atoms with van der Waals surface area (Å²) in [6.07, 6.45) is 0.290. The first-order valence-electron chi connectivity index (χ1n) is 12.3. The molecule has 0 radical (unpaired) electrons. The number of hydrogen-bond acceptors (Lipinski definition) is 4. The van der Waals surface area contributed by atoms with E-state index >= 15 is 0 Å². The lowest BCUT2D eigenvalue weighted by Gasteiger charge is -2.34. The van der Waals surface area contributed by atoms with Crippen LogP contribution in [0.2, 0.25) is 15.1 Å². The third kappa shape index (κ3) is 7.45. The summed E-state index contributed by atoms with van der Waals surface area (Å²) in [5.41, 5.74) is 0.653. The van der Waals surface area contributed by atoms with E-state index in [9.17, 15) is 18.0 Å². The molecular weight excluding hydrogens is 581 g/mol. The molecule has 0 saturated heterocycles. The van der Waals surface area contributed by atoms with Crippen LogP contribution in [0.15, 0.2) is 77.7 Å². The number of halogens is 3. The minimum Gasteiger partial charge on any atom is -0.352 e. The molecule has 1 N–H and O–H groups in total. The van der Waals surface area contributed by atoms with E-state index < -0.39 is 28.5 Å². The van der Waals surface area contributed by atoms with Crippen molar-refractivity contribution >= 4 is 62.3 Å². The Labute approximate surface area is 244 Å². The highest BCUT2D eigenvalue weighted by Gasteiger charge is 2.35. The zero-order valence-corrected chi connectivity index (χ0v) is 24.9. The molecule has 208 valence electrons. The molecule has 0 spiro atoms. The van der Waals surface area contributed by atoms with Gasteiger partial charge in [-0.15, -0.1) is 0 Å². The molecule has 0 saturated carbocycles. The maximum absolute atomic E-state index is 14.0. The zero-order valence-electron chi connectivity index (χ0n) is 21.8. The van der Waals surface area contributed by atoms with Crippen molar-refractivity contribution in [1.82, 2.24) is 10.2 Å². The Balaban J connectivity index is 2.11. The number of nitrogens with zero attached hydrogens (tertiary/aromatic N) is 2. The van der Waals surface area contributed by atoms with Gasteiger partial charge in [-0.05, 0) is 56.2 Å². The molecule has 7 nitrogen and oxygen atoms in total. The van der Waals surface area contributed by atoms with Crippen molar-refractivity contribution in [3.05, 3.63) is 93.4 Å². The average Bonchev–Trinajstić information content (AvgIpc) is 2.90. The number of benzene rings is 3. The number of amides is 2. The zero-order chi connectivity index (χ0) is 28.7. The van der Waals surface area contributed by atoms with Crippen LogP contribution in [0.4, 0.5) is 5.69 Å². The van der Waals surface area contributed by atoms with Gasteiger partial charge >= 0.3 is 0 Å². The van der Waals surface area contributed by atoms with Crippen LogP contribution in [0.25, 0.3) is 0 Å². The number of anilines is 1. The summed E-state index contributed by atoms with van der Waals surface area (Å²) in [6.45, 7) is 4.78. The number of carbonyl (C=O) groups is 2. The van der Waals surface area contributed by atoms with Crippen molar-refractivity contribution in [2.75, 3.05) is 10.8 Å². The summed E-state index contributed by atoms with van der Waals surface area (Å²) >= 11 is 19.1. The Hall–Kier alpha value is -2.78. The van der Waals surface area contributed by atoms with Gasteiger partial charge in [0, 0.05) is 17.6 Å². The molecule has 0 aliphatic rings. The number of sulfonamides is 1. The van der Waals surface area contributed by atoms with E-state index in [1.165, 1.54) is 29.2 Å². The van der Waals surface area contributed by atoms with E-state index in [1.807, 2.05) is 13.8 Å². The van der Waals surface area contributed by atoms with Crippen molar-refractivity contribution < 1.29 is 18.0 Å². The van der Waals surface area contributed by atoms with E-state index in [-0.39, 0.29) is 45.5 Å². The summed E-state index contributed by atoms with van der Waals surface area (Å²) < 4.78 is 28.6. The summed E-state index contributed by atoms with van der Waals surface area (Å²) in [5, 5.41) is 3.38. The smallest absolute Gasteiger partial charge is 0.264 e. The number of hydrogen-bond donors (Lipinski definition) is 1. The second-order valence-electron chi connectivity index (χ2n) is 9.10. The Kier molecular flexibility index (Phi) is 10.7. The van der Waals surface area contributed by atoms with Crippen LogP contribution in [0.3, 0.4) is 0 Å². The maximum atomic E-state index is 14.0. The normalized spacial score (nSPS) is 12.2. The first kappa shape index (κ1) is 30.8. The Morgan fingerprint density at radius 1 is 0.872 bits per heavy atom. The molecule has 0 heterocycles. The van der Waals surface area contributed by atoms with Crippen LogP contribution in [0.1, 0.15) is 32.8 Å². The lowest BCUT2D eigenvalue weighted by molar-refractivity contribution is -0.140. The first-order valence-corrected chi connectivity index (χ1v) is 14.9. The molecular formula is C28H30Cl3N3O4S. The lowest BCUT2D eigenvalue weighted by atomic mass is 10.1. The molecule has 3 rings (SSSR count). The third-order valence-corrected chi connectivity index (χ3v) is 8.88. The molecule has 0 aliphatic heterocycles. The van der Waals surface area contributed by atoms with Crippen LogP contribution < -0.4 is 9.62 Å². The lowest BCUT2D eigenvalue weighted by Crippen LogP contribution is -2.53. The van der Waals surface area contributed by atoms with Gasteiger partial charge in [0.1, 0.15) is 12.6 Å². The van der Waals surface area contributed by atoms with Gasteiger partial charge in [0.2, 0.25) is 11.8 Å². The Morgan fingerprint density at radius 2 is 1.49 bits per heavy atom. The van der Waals surface area contributed by atoms with Crippen molar-refractivity contribution in [2.45, 2.75) is 50.7 Å². The standard InChI is InChI=1S/C28H30Cl3N3O4S/c1-4-24(28(36)32-19(2)3)33(17-20-11-8-9-14-22(20)29)26(35)18-34(25-16-10-15-23(30)27(25)31)39(37,38)21-12-6-5-7-13-21/h5-16,19,24H,4,17-18H2,1-3H3,(H,32,36)/t24-/m0/s1. The monoisotopic (exact) mass is 609 g/mol. The van der Waals surface area contributed by atoms with Crippen LogP contribution >= 0.6 is 34.8 Å². The molecule has 1 atom stereocenters. The number of nitrogens with one attached hydrogen (secondary N) is 1. The molecule has 0 fully saturated rings. The summed E-state index contributed by atoms with van der Waals surface area (Å²) in [5.74, 6) is -0.970. The molecule has 0 aromatic heterocycles. The minimum atomic E-state index is -4.26. The van der Waals surface area contributed by atoms with Gasteiger partial charge in [0.15, 0.2) is 0 Å². The maximum Gasteiger partial charge on any atom is 0.264 e. The largest absolute Gasteiger partial charge is 0.352 e. The third-order valence-electron chi connectivity index (χ3n) is 5.93.